The predicted molar refractivity (Wildman–Crippen MR) is 102 cm³/mol. The topological polar surface area (TPSA) is 150 Å². The van der Waals surface area contributed by atoms with Crippen LogP contribution in [0.25, 0.3) is 11.2 Å². The lowest BCUT2D eigenvalue weighted by Gasteiger charge is -2.23. The van der Waals surface area contributed by atoms with Crippen LogP contribution in [0.3, 0.4) is 0 Å². The van der Waals surface area contributed by atoms with Crippen LogP contribution in [-0.4, -0.2) is 63.9 Å². The number of hydrogen-bond acceptors (Lipinski definition) is 11. The first-order valence-electron chi connectivity index (χ1n) is 9.51. The molecule has 1 radical (unpaired) electrons. The van der Waals surface area contributed by atoms with Crippen molar-refractivity contribution in [2.75, 3.05) is 32.2 Å². The van der Waals surface area contributed by atoms with Gasteiger partial charge in [-0.15, -0.1) is 0 Å². The molecule has 1 fully saturated rings. The van der Waals surface area contributed by atoms with E-state index in [-0.39, 0.29) is 38.5 Å². The summed E-state index contributed by atoms with van der Waals surface area (Å²) in [5.41, 5.74) is 6.31. The number of ether oxygens (including phenoxy) is 5. The molecule has 2 N–H and O–H groups in total. The van der Waals surface area contributed by atoms with Crippen molar-refractivity contribution in [3.05, 3.63) is 18.6 Å². The van der Waals surface area contributed by atoms with E-state index in [1.165, 1.54) is 0 Å². The van der Waals surface area contributed by atoms with Crippen molar-refractivity contribution in [1.82, 2.24) is 19.5 Å². The third kappa shape index (κ3) is 5.69. The molecule has 30 heavy (non-hydrogen) atoms. The highest BCUT2D eigenvalue weighted by molar-refractivity contribution is 5.70. The van der Waals surface area contributed by atoms with Crippen LogP contribution in [0.2, 0.25) is 0 Å². The molecule has 0 unspecified atom stereocenters. The first-order valence-corrected chi connectivity index (χ1v) is 9.51. The average Bonchev–Trinajstić information content (AvgIpc) is 3.36. The molecule has 163 valence electrons. The fraction of sp³-hybridized carbons (Fsp3) is 0.556. The van der Waals surface area contributed by atoms with Gasteiger partial charge in [-0.3, -0.25) is 0 Å². The molecule has 1 aliphatic carbocycles. The summed E-state index contributed by atoms with van der Waals surface area (Å²) < 4.78 is 27.4. The number of carbonyl (C=O) groups is 2. The lowest BCUT2D eigenvalue weighted by atomic mass is 10.3. The van der Waals surface area contributed by atoms with Gasteiger partial charge in [0.1, 0.15) is 18.7 Å². The van der Waals surface area contributed by atoms with Crippen LogP contribution in [0.15, 0.2) is 12.5 Å². The quantitative estimate of drug-likeness (QED) is 0.558. The van der Waals surface area contributed by atoms with Gasteiger partial charge in [-0.25, -0.2) is 19.6 Å². The monoisotopic (exact) mass is 422 g/mol. The third-order valence-electron chi connectivity index (χ3n) is 4.23. The summed E-state index contributed by atoms with van der Waals surface area (Å²) in [6.07, 6.45) is 3.25. The maximum atomic E-state index is 11.5. The van der Waals surface area contributed by atoms with Gasteiger partial charge in [-0.1, -0.05) is 0 Å². The van der Waals surface area contributed by atoms with E-state index in [9.17, 15) is 9.59 Å². The molecule has 0 spiro atoms. The fourth-order valence-electron chi connectivity index (χ4n) is 2.73. The number of anilines is 1. The Morgan fingerprint density at radius 3 is 2.27 bits per heavy atom. The number of nitrogens with two attached hydrogens (primary N) is 1. The standard InChI is InChI=1S/C18H24N5O7/c1-3-26-16(24)28-8-12(9-29-17(25)27-4-2)30-18(5-6-18)10-23-11-21-13-7-20-15(19)22-14(13)23/h7,11H,3-6,8-10H2,1-2H3,(H2,19,20,22). The second-order valence-electron chi connectivity index (χ2n) is 6.58. The lowest BCUT2D eigenvalue weighted by molar-refractivity contribution is -0.0390. The van der Waals surface area contributed by atoms with Gasteiger partial charge in [-0.05, 0) is 26.7 Å². The molecule has 12 nitrogen and oxygen atoms in total. The second kappa shape index (κ2) is 9.57. The lowest BCUT2D eigenvalue weighted by Crippen LogP contribution is -2.30. The fourth-order valence-corrected chi connectivity index (χ4v) is 2.73. The molecule has 2 aromatic heterocycles. The van der Waals surface area contributed by atoms with Crippen LogP contribution < -0.4 is 5.73 Å². The number of nitrogen functional groups attached to an aromatic ring is 1. The number of rotatable bonds is 10. The summed E-state index contributed by atoms with van der Waals surface area (Å²) in [6.45, 7) is 3.67. The maximum Gasteiger partial charge on any atom is 0.508 e. The largest absolute Gasteiger partial charge is 0.508 e. The molecule has 0 aliphatic heterocycles. The number of fused-ring (bicyclic) bond motifs is 1. The number of aromatic nitrogens is 4. The summed E-state index contributed by atoms with van der Waals surface area (Å²) in [6, 6.07) is 0. The normalized spacial score (nSPS) is 14.5. The van der Waals surface area contributed by atoms with Crippen molar-refractivity contribution in [1.29, 1.82) is 0 Å². The summed E-state index contributed by atoms with van der Waals surface area (Å²) >= 11 is 0. The molecule has 3 rings (SSSR count). The Balaban J connectivity index is 1.65. The van der Waals surface area contributed by atoms with E-state index in [1.807, 2.05) is 4.57 Å². The number of carbonyl (C=O) groups excluding carboxylic acids is 2. The molecule has 1 saturated carbocycles. The molecule has 0 atom stereocenters. The minimum Gasteiger partial charge on any atom is -0.435 e. The molecule has 0 aromatic carbocycles. The highest BCUT2D eigenvalue weighted by Gasteiger charge is 2.47. The first-order chi connectivity index (χ1) is 14.4. The third-order valence-corrected chi connectivity index (χ3v) is 4.23. The van der Waals surface area contributed by atoms with E-state index in [2.05, 4.69) is 15.0 Å². The van der Waals surface area contributed by atoms with Crippen LogP contribution in [0.1, 0.15) is 26.7 Å². The molecule has 1 aliphatic rings. The van der Waals surface area contributed by atoms with E-state index in [4.69, 9.17) is 29.4 Å². The molecule has 0 saturated heterocycles. The molecule has 12 heteroatoms. The SMILES string of the molecule is CCOC(=O)OC[C](COC(=O)OCC)OC1(Cn2cnc3cnc(N)nc32)CC1. The highest BCUT2D eigenvalue weighted by atomic mass is 16.7. The molecular formula is C18H24N5O7. The molecule has 2 heterocycles. The predicted octanol–water partition coefficient (Wildman–Crippen LogP) is 1.84. The molecule has 0 amide bonds. The van der Waals surface area contributed by atoms with Gasteiger partial charge >= 0.3 is 12.3 Å². The Kier molecular flexibility index (Phi) is 6.87. The van der Waals surface area contributed by atoms with E-state index >= 15 is 0 Å². The minimum absolute atomic E-state index is 0.146. The van der Waals surface area contributed by atoms with Crippen molar-refractivity contribution >= 4 is 29.4 Å². The number of nitrogens with zero attached hydrogens (tertiary/aromatic N) is 4. The van der Waals surface area contributed by atoms with Crippen LogP contribution >= 0.6 is 0 Å². The second-order valence-corrected chi connectivity index (χ2v) is 6.58. The smallest absolute Gasteiger partial charge is 0.435 e. The zero-order valence-corrected chi connectivity index (χ0v) is 16.8. The Morgan fingerprint density at radius 2 is 1.70 bits per heavy atom. The zero-order valence-electron chi connectivity index (χ0n) is 16.8. The van der Waals surface area contributed by atoms with E-state index in [1.54, 1.807) is 26.4 Å². The van der Waals surface area contributed by atoms with E-state index in [0.29, 0.717) is 17.7 Å². The van der Waals surface area contributed by atoms with Crippen molar-refractivity contribution in [3.63, 3.8) is 0 Å². The van der Waals surface area contributed by atoms with Crippen LogP contribution in [0.4, 0.5) is 15.5 Å². The van der Waals surface area contributed by atoms with Crippen LogP contribution in [0.5, 0.6) is 0 Å². The van der Waals surface area contributed by atoms with Gasteiger partial charge in [0.25, 0.3) is 0 Å². The summed E-state index contributed by atoms with van der Waals surface area (Å²) in [5, 5.41) is 0. The Morgan fingerprint density at radius 1 is 1.07 bits per heavy atom. The van der Waals surface area contributed by atoms with Gasteiger partial charge in [0, 0.05) is 0 Å². The minimum atomic E-state index is -0.840. The molecule has 2 aromatic rings. The Labute approximate surface area is 172 Å². The summed E-state index contributed by atoms with van der Waals surface area (Å²) in [4.78, 5) is 35.4. The van der Waals surface area contributed by atoms with E-state index in [0.717, 1.165) is 12.8 Å². The van der Waals surface area contributed by atoms with Crippen molar-refractivity contribution in [3.8, 4) is 0 Å². The zero-order chi connectivity index (χ0) is 21.6. The van der Waals surface area contributed by atoms with Gasteiger partial charge in [0.15, 0.2) is 11.8 Å². The van der Waals surface area contributed by atoms with Crippen molar-refractivity contribution in [2.45, 2.75) is 38.8 Å². The highest BCUT2D eigenvalue weighted by Crippen LogP contribution is 2.43. The van der Waals surface area contributed by atoms with Gasteiger partial charge in [0.2, 0.25) is 5.95 Å². The average molecular weight is 422 g/mol. The number of hydrogen-bond donors (Lipinski definition) is 1. The van der Waals surface area contributed by atoms with E-state index < -0.39 is 17.9 Å². The summed E-state index contributed by atoms with van der Waals surface area (Å²) in [7, 11) is 0. The van der Waals surface area contributed by atoms with Gasteiger partial charge in [-0.2, -0.15) is 4.98 Å². The Bertz CT molecular complexity index is 861. The molecular weight excluding hydrogens is 398 g/mol. The molecule has 0 bridgehead atoms. The Hall–Kier alpha value is -3.15. The number of imidazole rings is 1. The van der Waals surface area contributed by atoms with Crippen molar-refractivity contribution in [2.24, 2.45) is 0 Å². The van der Waals surface area contributed by atoms with Crippen LogP contribution in [-0.2, 0) is 30.2 Å². The van der Waals surface area contributed by atoms with Gasteiger partial charge in [0.05, 0.1) is 37.9 Å². The maximum absolute atomic E-state index is 11.5. The first kappa shape index (κ1) is 21.6. The summed E-state index contributed by atoms with van der Waals surface area (Å²) in [5.74, 6) is 0.146. The van der Waals surface area contributed by atoms with Crippen LogP contribution in [0, 0.1) is 6.10 Å². The van der Waals surface area contributed by atoms with Gasteiger partial charge < -0.3 is 34.0 Å². The van der Waals surface area contributed by atoms with Crippen molar-refractivity contribution < 1.29 is 33.3 Å².